The van der Waals surface area contributed by atoms with E-state index in [4.69, 9.17) is 24.8 Å². The van der Waals surface area contributed by atoms with Gasteiger partial charge in [-0.2, -0.15) is 0 Å². The van der Waals surface area contributed by atoms with Crippen LogP contribution in [0.1, 0.15) is 149 Å². The van der Waals surface area contributed by atoms with Crippen molar-refractivity contribution in [2.24, 2.45) is 5.73 Å². The maximum atomic E-state index is 12.6. The molecular formula is C41H72NO12P. The summed E-state index contributed by atoms with van der Waals surface area (Å²) in [6.07, 6.45) is 30.7. The number of rotatable bonds is 37. The fourth-order valence-electron chi connectivity index (χ4n) is 5.21. The van der Waals surface area contributed by atoms with Crippen molar-refractivity contribution in [1.29, 1.82) is 0 Å². The van der Waals surface area contributed by atoms with E-state index in [1.54, 1.807) is 6.08 Å². The van der Waals surface area contributed by atoms with Crippen LogP contribution in [0.15, 0.2) is 48.6 Å². The average molecular weight is 802 g/mol. The largest absolute Gasteiger partial charge is 0.480 e. The summed E-state index contributed by atoms with van der Waals surface area (Å²) in [6, 6.07) is -1.57. The molecule has 0 aliphatic heterocycles. The first kappa shape index (κ1) is 52.4. The van der Waals surface area contributed by atoms with Crippen LogP contribution in [0.2, 0.25) is 0 Å². The van der Waals surface area contributed by atoms with Crippen LogP contribution in [0, 0.1) is 0 Å². The van der Waals surface area contributed by atoms with Gasteiger partial charge in [-0.1, -0.05) is 133 Å². The van der Waals surface area contributed by atoms with Crippen molar-refractivity contribution in [3.05, 3.63) is 48.6 Å². The first-order chi connectivity index (χ1) is 26.4. The van der Waals surface area contributed by atoms with Gasteiger partial charge in [0.25, 0.3) is 0 Å². The normalized spacial score (nSPS) is 15.5. The predicted octanol–water partition coefficient (Wildman–Crippen LogP) is 8.17. The van der Waals surface area contributed by atoms with Crippen LogP contribution in [-0.4, -0.2) is 82.3 Å². The Balaban J connectivity index is 4.67. The summed E-state index contributed by atoms with van der Waals surface area (Å²) in [6.45, 7) is 2.36. The molecule has 0 rings (SSSR count). The zero-order chi connectivity index (χ0) is 41.0. The minimum absolute atomic E-state index is 0.114. The molecule has 0 saturated carbocycles. The van der Waals surface area contributed by atoms with Crippen molar-refractivity contribution in [3.63, 3.8) is 0 Å². The van der Waals surface area contributed by atoms with Crippen LogP contribution in [-0.2, 0) is 37.5 Å². The van der Waals surface area contributed by atoms with Crippen molar-refractivity contribution in [2.45, 2.75) is 173 Å². The Hall–Kier alpha value is -2.64. The Morgan fingerprint density at radius 1 is 0.636 bits per heavy atom. The Bertz CT molecular complexity index is 1160. The number of aliphatic hydroxyl groups is 2. The minimum Gasteiger partial charge on any atom is -0.480 e. The maximum absolute atomic E-state index is 12.6. The van der Waals surface area contributed by atoms with Crippen LogP contribution in [0.25, 0.3) is 0 Å². The lowest BCUT2D eigenvalue weighted by Gasteiger charge is -2.20. The van der Waals surface area contributed by atoms with E-state index in [-0.39, 0.29) is 32.1 Å². The molecule has 0 aromatic heterocycles. The topological polar surface area (TPSA) is 212 Å². The Morgan fingerprint density at radius 2 is 1.13 bits per heavy atom. The molecule has 1 unspecified atom stereocenters. The van der Waals surface area contributed by atoms with E-state index in [1.807, 2.05) is 12.2 Å². The Labute approximate surface area is 330 Å². The highest BCUT2D eigenvalue weighted by Gasteiger charge is 2.28. The lowest BCUT2D eigenvalue weighted by Crippen LogP contribution is -2.34. The van der Waals surface area contributed by atoms with Crippen LogP contribution >= 0.6 is 7.82 Å². The Morgan fingerprint density at radius 3 is 1.67 bits per heavy atom. The van der Waals surface area contributed by atoms with Gasteiger partial charge in [0.15, 0.2) is 6.10 Å². The number of phosphoric acid groups is 1. The first-order valence-corrected chi connectivity index (χ1v) is 21.8. The standard InChI is InChI=1S/C41H72NO12P/c1-3-5-7-9-11-13-15-17-19-21-23-25-28-37(43)38(44)29-27-31-40(46)54-35(33-52-55(49,50)53-34-36(42)41(47)48)32-51-39(45)30-26-24-22-20-18-16-14-12-10-8-6-4-2/h5,7,11,13,17,19,23,25,35-38,43-44H,3-4,6,8-10,12,14-16,18,20-22,24,26-34,42H2,1-2H3,(H,47,48)(H,49,50)/b7-5-,13-11-,19-17-,25-23-/t35-,36+,37-,38-/m1/s1. The number of phosphoric ester groups is 1. The number of carbonyl (C=O) groups excluding carboxylic acids is 2. The number of unbranched alkanes of at least 4 members (excludes halogenated alkanes) is 11. The van der Waals surface area contributed by atoms with Gasteiger partial charge in [0.2, 0.25) is 0 Å². The second-order valence-electron chi connectivity index (χ2n) is 13.7. The van der Waals surface area contributed by atoms with Crippen molar-refractivity contribution in [3.8, 4) is 0 Å². The summed E-state index contributed by atoms with van der Waals surface area (Å²) in [4.78, 5) is 45.9. The second-order valence-corrected chi connectivity index (χ2v) is 15.2. The molecule has 0 amide bonds. The van der Waals surface area contributed by atoms with Crippen LogP contribution in [0.4, 0.5) is 0 Å². The SMILES string of the molecule is CC/C=C\C/C=C\C/C=C\C/C=C\C[C@@H](O)[C@H](O)CCCC(=O)O[C@H](COC(=O)CCCCCCCCCCCCCC)COP(=O)(O)OC[C@H](N)C(=O)O. The van der Waals surface area contributed by atoms with Gasteiger partial charge in [-0.3, -0.25) is 23.4 Å². The number of nitrogens with two attached hydrogens (primary N) is 1. The third-order valence-electron chi connectivity index (χ3n) is 8.54. The first-order valence-electron chi connectivity index (χ1n) is 20.3. The molecule has 0 aromatic rings. The van der Waals surface area contributed by atoms with E-state index in [2.05, 4.69) is 48.8 Å². The molecule has 0 saturated heterocycles. The van der Waals surface area contributed by atoms with Gasteiger partial charge in [0, 0.05) is 12.8 Å². The molecule has 13 nitrogen and oxygen atoms in total. The van der Waals surface area contributed by atoms with Gasteiger partial charge < -0.3 is 35.4 Å². The number of ether oxygens (including phenoxy) is 2. The number of carboxylic acid groups (broad SMARTS) is 1. The van der Waals surface area contributed by atoms with Gasteiger partial charge in [-0.05, 0) is 51.4 Å². The summed E-state index contributed by atoms with van der Waals surface area (Å²) in [5, 5.41) is 29.5. The number of aliphatic hydroxyl groups excluding tert-OH is 2. The third kappa shape index (κ3) is 34.3. The van der Waals surface area contributed by atoms with E-state index in [9.17, 15) is 34.1 Å². The zero-order valence-corrected chi connectivity index (χ0v) is 34.4. The number of esters is 2. The molecule has 6 N–H and O–H groups in total. The number of carbonyl (C=O) groups is 3. The smallest absolute Gasteiger partial charge is 0.472 e. The molecule has 0 aliphatic rings. The lowest BCUT2D eigenvalue weighted by molar-refractivity contribution is -0.161. The van der Waals surface area contributed by atoms with Crippen molar-refractivity contribution in [2.75, 3.05) is 19.8 Å². The molecule has 318 valence electrons. The number of hydrogen-bond donors (Lipinski definition) is 5. The van der Waals surface area contributed by atoms with E-state index in [0.29, 0.717) is 12.8 Å². The minimum atomic E-state index is -4.79. The van der Waals surface area contributed by atoms with E-state index in [1.165, 1.54) is 51.4 Å². The zero-order valence-electron chi connectivity index (χ0n) is 33.5. The monoisotopic (exact) mass is 801 g/mol. The van der Waals surface area contributed by atoms with E-state index in [0.717, 1.165) is 38.5 Å². The molecule has 0 spiro atoms. The molecule has 0 bridgehead atoms. The quantitative estimate of drug-likeness (QED) is 0.0174. The van der Waals surface area contributed by atoms with Crippen molar-refractivity contribution < 1.29 is 57.7 Å². The molecule has 0 heterocycles. The summed E-state index contributed by atoms with van der Waals surface area (Å²) in [5.41, 5.74) is 5.30. The highest BCUT2D eigenvalue weighted by atomic mass is 31.2. The Kier molecular flexibility index (Phi) is 34.0. The molecular weight excluding hydrogens is 729 g/mol. The molecule has 0 aliphatic carbocycles. The summed E-state index contributed by atoms with van der Waals surface area (Å²) >= 11 is 0. The second kappa shape index (κ2) is 35.8. The molecule has 5 atom stereocenters. The number of carboxylic acids is 1. The highest BCUT2D eigenvalue weighted by molar-refractivity contribution is 7.47. The van der Waals surface area contributed by atoms with Crippen molar-refractivity contribution in [1.82, 2.24) is 0 Å². The molecule has 14 heteroatoms. The third-order valence-corrected chi connectivity index (χ3v) is 9.49. The fourth-order valence-corrected chi connectivity index (χ4v) is 5.99. The molecule has 55 heavy (non-hydrogen) atoms. The maximum Gasteiger partial charge on any atom is 0.472 e. The van der Waals surface area contributed by atoms with Crippen molar-refractivity contribution >= 4 is 25.7 Å². The number of hydrogen-bond acceptors (Lipinski definition) is 11. The molecule has 0 radical (unpaired) electrons. The van der Waals surface area contributed by atoms with E-state index >= 15 is 0 Å². The van der Waals surface area contributed by atoms with Gasteiger partial charge in [-0.15, -0.1) is 0 Å². The summed E-state index contributed by atoms with van der Waals surface area (Å²) in [7, 11) is -4.79. The molecule has 0 aromatic carbocycles. The van der Waals surface area contributed by atoms with Gasteiger partial charge in [0.1, 0.15) is 12.6 Å². The average Bonchev–Trinajstić information content (AvgIpc) is 3.15. The van der Waals surface area contributed by atoms with Crippen LogP contribution in [0.3, 0.4) is 0 Å². The predicted molar refractivity (Wildman–Crippen MR) is 215 cm³/mol. The van der Waals surface area contributed by atoms with E-state index < -0.39 is 69.9 Å². The summed E-state index contributed by atoms with van der Waals surface area (Å²) < 4.78 is 32.4. The summed E-state index contributed by atoms with van der Waals surface area (Å²) in [5.74, 6) is -2.71. The van der Waals surface area contributed by atoms with Crippen LogP contribution < -0.4 is 5.73 Å². The van der Waals surface area contributed by atoms with Crippen LogP contribution in [0.5, 0.6) is 0 Å². The van der Waals surface area contributed by atoms with Gasteiger partial charge in [0.05, 0.1) is 25.4 Å². The number of aliphatic carboxylic acids is 1. The highest BCUT2D eigenvalue weighted by Crippen LogP contribution is 2.43. The fraction of sp³-hybridized carbons (Fsp3) is 0.732. The molecule has 0 fully saturated rings. The van der Waals surface area contributed by atoms with Gasteiger partial charge >= 0.3 is 25.7 Å². The lowest BCUT2D eigenvalue weighted by atomic mass is 10.0. The number of allylic oxidation sites excluding steroid dienone is 7. The van der Waals surface area contributed by atoms with Gasteiger partial charge in [-0.25, -0.2) is 4.57 Å².